The highest BCUT2D eigenvalue weighted by molar-refractivity contribution is 6.15. The van der Waals surface area contributed by atoms with Crippen molar-refractivity contribution in [3.8, 4) is 11.5 Å². The summed E-state index contributed by atoms with van der Waals surface area (Å²) in [5, 5.41) is 0. The largest absolute Gasteiger partial charge is 0.478 e. The van der Waals surface area contributed by atoms with Crippen LogP contribution in [-0.2, 0) is 11.3 Å². The van der Waals surface area contributed by atoms with Gasteiger partial charge in [0.15, 0.2) is 5.76 Å². The van der Waals surface area contributed by atoms with Crippen LogP contribution < -0.4 is 9.47 Å². The number of fused-ring (bicyclic) bond motifs is 3. The molecule has 1 aromatic carbocycles. The van der Waals surface area contributed by atoms with Gasteiger partial charge in [-0.25, -0.2) is 0 Å². The number of allylic oxidation sites excluding steroid dienone is 1. The molecule has 134 valence electrons. The van der Waals surface area contributed by atoms with Crippen molar-refractivity contribution in [2.45, 2.75) is 13.5 Å². The lowest BCUT2D eigenvalue weighted by Crippen LogP contribution is -2.34. The third-order valence-electron chi connectivity index (χ3n) is 4.60. The van der Waals surface area contributed by atoms with Crippen LogP contribution in [0.4, 0.5) is 0 Å². The summed E-state index contributed by atoms with van der Waals surface area (Å²) in [6.07, 6.45) is 5.13. The minimum atomic E-state index is -0.0915. The molecular formula is C20H20N2O4. The van der Waals surface area contributed by atoms with Crippen LogP contribution in [0.1, 0.15) is 27.0 Å². The molecule has 4 rings (SSSR count). The molecule has 26 heavy (non-hydrogen) atoms. The molecule has 0 spiro atoms. The van der Waals surface area contributed by atoms with Gasteiger partial charge in [0.2, 0.25) is 5.78 Å². The highest BCUT2D eigenvalue weighted by Crippen LogP contribution is 2.43. The zero-order valence-electron chi connectivity index (χ0n) is 14.8. The van der Waals surface area contributed by atoms with Crippen molar-refractivity contribution in [3.63, 3.8) is 0 Å². The van der Waals surface area contributed by atoms with Gasteiger partial charge in [-0.1, -0.05) is 0 Å². The van der Waals surface area contributed by atoms with Gasteiger partial charge in [0.1, 0.15) is 18.2 Å². The van der Waals surface area contributed by atoms with E-state index >= 15 is 0 Å². The fourth-order valence-corrected chi connectivity index (χ4v) is 3.25. The number of ether oxygens (including phenoxy) is 3. The second kappa shape index (κ2) is 6.90. The molecule has 2 aliphatic heterocycles. The third-order valence-corrected chi connectivity index (χ3v) is 4.60. The molecule has 3 heterocycles. The zero-order chi connectivity index (χ0) is 18.1. The van der Waals surface area contributed by atoms with Crippen LogP contribution in [-0.4, -0.2) is 42.7 Å². The van der Waals surface area contributed by atoms with Crippen molar-refractivity contribution >= 4 is 11.9 Å². The Bertz CT molecular complexity index is 877. The highest BCUT2D eigenvalue weighted by atomic mass is 16.5. The van der Waals surface area contributed by atoms with Gasteiger partial charge in [-0.05, 0) is 42.3 Å². The topological polar surface area (TPSA) is 60.9 Å². The maximum Gasteiger partial charge on any atom is 0.232 e. The van der Waals surface area contributed by atoms with E-state index in [2.05, 4.69) is 9.88 Å². The molecular weight excluding hydrogens is 332 g/mol. The molecule has 0 radical (unpaired) electrons. The minimum absolute atomic E-state index is 0.0915. The van der Waals surface area contributed by atoms with Crippen molar-refractivity contribution in [3.05, 3.63) is 58.6 Å². The van der Waals surface area contributed by atoms with Crippen LogP contribution in [0.5, 0.6) is 11.5 Å². The Hall–Kier alpha value is -2.70. The van der Waals surface area contributed by atoms with Gasteiger partial charge in [-0.3, -0.25) is 14.7 Å². The second-order valence-electron chi connectivity index (χ2n) is 6.41. The number of aromatic nitrogens is 1. The van der Waals surface area contributed by atoms with E-state index in [9.17, 15) is 4.79 Å². The first-order chi connectivity index (χ1) is 12.7. The van der Waals surface area contributed by atoms with Crippen molar-refractivity contribution in [2.75, 3.05) is 27.0 Å². The first-order valence-corrected chi connectivity index (χ1v) is 8.52. The van der Waals surface area contributed by atoms with Crippen LogP contribution >= 0.6 is 0 Å². The third kappa shape index (κ3) is 2.98. The molecule has 6 nitrogen and oxygen atoms in total. The van der Waals surface area contributed by atoms with Gasteiger partial charge in [0.25, 0.3) is 0 Å². The number of nitrogens with zero attached hydrogens (tertiary/aromatic N) is 2. The summed E-state index contributed by atoms with van der Waals surface area (Å²) < 4.78 is 17.0. The predicted molar refractivity (Wildman–Crippen MR) is 96.1 cm³/mol. The maximum absolute atomic E-state index is 12.9. The van der Waals surface area contributed by atoms with E-state index in [1.807, 2.05) is 25.1 Å². The summed E-state index contributed by atoms with van der Waals surface area (Å²) in [5.41, 5.74) is 3.29. The number of pyridine rings is 1. The summed E-state index contributed by atoms with van der Waals surface area (Å²) in [5.74, 6) is 1.64. The van der Waals surface area contributed by atoms with E-state index in [-0.39, 0.29) is 5.78 Å². The number of ketones is 1. The molecule has 0 atom stereocenters. The van der Waals surface area contributed by atoms with Crippen molar-refractivity contribution in [1.29, 1.82) is 0 Å². The molecule has 0 saturated carbocycles. The normalized spacial score (nSPS) is 17.6. The number of rotatable bonds is 4. The lowest BCUT2D eigenvalue weighted by atomic mass is 9.98. The number of benzene rings is 1. The molecule has 0 aliphatic carbocycles. The molecule has 2 aromatic rings. The first-order valence-electron chi connectivity index (χ1n) is 8.52. The van der Waals surface area contributed by atoms with Gasteiger partial charge in [0.05, 0.1) is 17.7 Å². The van der Waals surface area contributed by atoms with Crippen molar-refractivity contribution < 1.29 is 19.0 Å². The standard InChI is InChI=1S/C20H20N2O4/c1-13-9-16-15(11-22(12-25-16)7-8-24-2)20-18(13)19(23)17(26-20)10-14-3-5-21-6-4-14/h3-6,9-10H,7-8,11-12H2,1-2H3/b17-10-. The fourth-order valence-electron chi connectivity index (χ4n) is 3.25. The number of hydrogen-bond donors (Lipinski definition) is 0. The number of carbonyl (C=O) groups excluding carboxylic acids is 1. The Kier molecular flexibility index (Phi) is 4.44. The first kappa shape index (κ1) is 16.8. The van der Waals surface area contributed by atoms with Crippen LogP contribution in [0.2, 0.25) is 0 Å². The number of methoxy groups -OCH3 is 1. The van der Waals surface area contributed by atoms with Crippen LogP contribution in [0, 0.1) is 6.92 Å². The van der Waals surface area contributed by atoms with Gasteiger partial charge < -0.3 is 14.2 Å². The zero-order valence-corrected chi connectivity index (χ0v) is 14.8. The Balaban J connectivity index is 1.70. The van der Waals surface area contributed by atoms with E-state index in [1.54, 1.807) is 25.6 Å². The Morgan fingerprint density at radius 1 is 1.35 bits per heavy atom. The molecule has 0 fully saturated rings. The number of hydrogen-bond acceptors (Lipinski definition) is 6. The summed E-state index contributed by atoms with van der Waals surface area (Å²) in [4.78, 5) is 19.0. The molecule has 0 saturated heterocycles. The van der Waals surface area contributed by atoms with E-state index in [0.717, 1.165) is 29.0 Å². The van der Waals surface area contributed by atoms with Crippen molar-refractivity contribution in [1.82, 2.24) is 9.88 Å². The molecule has 0 unspecified atom stereocenters. The molecule has 2 aliphatic rings. The van der Waals surface area contributed by atoms with Crippen LogP contribution in [0.3, 0.4) is 0 Å². The highest BCUT2D eigenvalue weighted by Gasteiger charge is 2.35. The van der Waals surface area contributed by atoms with E-state index in [4.69, 9.17) is 14.2 Å². The number of carbonyl (C=O) groups is 1. The molecule has 6 heteroatoms. The van der Waals surface area contributed by atoms with E-state index < -0.39 is 0 Å². The molecule has 1 aromatic heterocycles. The number of aryl methyl sites for hydroxylation is 1. The molecule has 0 amide bonds. The smallest absolute Gasteiger partial charge is 0.232 e. The van der Waals surface area contributed by atoms with Crippen LogP contribution in [0.25, 0.3) is 6.08 Å². The Labute approximate surface area is 152 Å². The quantitative estimate of drug-likeness (QED) is 0.789. The van der Waals surface area contributed by atoms with Gasteiger partial charge in [-0.15, -0.1) is 0 Å². The van der Waals surface area contributed by atoms with Crippen molar-refractivity contribution in [2.24, 2.45) is 0 Å². The predicted octanol–water partition coefficient (Wildman–Crippen LogP) is 2.80. The van der Waals surface area contributed by atoms with Gasteiger partial charge in [-0.2, -0.15) is 0 Å². The average molecular weight is 352 g/mol. The molecule has 0 N–H and O–H groups in total. The Morgan fingerprint density at radius 3 is 2.92 bits per heavy atom. The monoisotopic (exact) mass is 352 g/mol. The van der Waals surface area contributed by atoms with Gasteiger partial charge >= 0.3 is 0 Å². The fraction of sp³-hybridized carbons (Fsp3) is 0.300. The number of Topliss-reactive ketones (excluding diaryl/α,β-unsaturated/α-hetero) is 1. The maximum atomic E-state index is 12.9. The summed E-state index contributed by atoms with van der Waals surface area (Å²) >= 11 is 0. The van der Waals surface area contributed by atoms with E-state index in [1.165, 1.54) is 0 Å². The second-order valence-corrected chi connectivity index (χ2v) is 6.41. The van der Waals surface area contributed by atoms with E-state index in [0.29, 0.717) is 37.0 Å². The summed E-state index contributed by atoms with van der Waals surface area (Å²) in [6.45, 7) is 4.46. The van der Waals surface area contributed by atoms with Gasteiger partial charge in [0, 0.05) is 32.6 Å². The lowest BCUT2D eigenvalue weighted by molar-refractivity contribution is 0.0646. The minimum Gasteiger partial charge on any atom is -0.478 e. The summed E-state index contributed by atoms with van der Waals surface area (Å²) in [7, 11) is 1.68. The average Bonchev–Trinajstić information content (AvgIpc) is 2.98. The SMILES string of the molecule is COCCN1COc2cc(C)c3c(c2C1)O/C(=C\c1ccncc1)C3=O. The molecule has 0 bridgehead atoms. The summed E-state index contributed by atoms with van der Waals surface area (Å²) in [6, 6.07) is 5.60. The lowest BCUT2D eigenvalue weighted by Gasteiger charge is -2.29. The van der Waals surface area contributed by atoms with Crippen LogP contribution in [0.15, 0.2) is 36.4 Å². The Morgan fingerprint density at radius 2 is 2.15 bits per heavy atom.